The molecule has 0 saturated carbocycles. The summed E-state index contributed by atoms with van der Waals surface area (Å²) in [7, 11) is 0. The zero-order valence-corrected chi connectivity index (χ0v) is 23.6. The molecule has 3 aromatic carbocycles. The first-order valence-electron chi connectivity index (χ1n) is 14.9. The van der Waals surface area contributed by atoms with Gasteiger partial charge < -0.3 is 20.5 Å². The summed E-state index contributed by atoms with van der Waals surface area (Å²) in [5, 5.41) is 15.1. The van der Waals surface area contributed by atoms with Gasteiger partial charge in [-0.2, -0.15) is 0 Å². The molecule has 8 nitrogen and oxygen atoms in total. The molecule has 0 radical (unpaired) electrons. The third-order valence-corrected chi connectivity index (χ3v) is 9.04. The van der Waals surface area contributed by atoms with E-state index < -0.39 is 18.1 Å². The zero-order valence-electron chi connectivity index (χ0n) is 23.6. The normalized spacial score (nSPS) is 21.7. The first kappa shape index (κ1) is 28.0. The number of piperidine rings is 1. The average molecular weight is 568 g/mol. The van der Waals surface area contributed by atoms with Crippen LogP contribution in [-0.2, 0) is 20.9 Å². The van der Waals surface area contributed by atoms with Crippen molar-refractivity contribution in [2.75, 3.05) is 6.61 Å². The van der Waals surface area contributed by atoms with E-state index in [1.54, 1.807) is 0 Å². The Bertz CT molecular complexity index is 1380. The highest BCUT2D eigenvalue weighted by molar-refractivity contribution is 5.86. The molecule has 2 fully saturated rings. The number of rotatable bonds is 10. The van der Waals surface area contributed by atoms with Gasteiger partial charge >= 0.3 is 12.1 Å². The summed E-state index contributed by atoms with van der Waals surface area (Å²) in [5.41, 5.74) is 5.74. The van der Waals surface area contributed by atoms with E-state index in [4.69, 9.17) is 4.74 Å². The number of ether oxygens (including phenoxy) is 1. The Morgan fingerprint density at radius 2 is 1.45 bits per heavy atom. The highest BCUT2D eigenvalue weighted by Gasteiger charge is 2.41. The Morgan fingerprint density at radius 3 is 2.07 bits per heavy atom. The van der Waals surface area contributed by atoms with Crippen molar-refractivity contribution in [2.45, 2.75) is 75.2 Å². The molecule has 8 heteroatoms. The number of carboxylic acids is 1. The number of nitrogens with one attached hydrogen (secondary N) is 2. The first-order chi connectivity index (χ1) is 20.5. The number of carboxylic acid groups (broad SMARTS) is 1. The van der Waals surface area contributed by atoms with Crippen molar-refractivity contribution < 1.29 is 24.2 Å². The molecule has 218 valence electrons. The van der Waals surface area contributed by atoms with Gasteiger partial charge in [-0.05, 0) is 59.9 Å². The summed E-state index contributed by atoms with van der Waals surface area (Å²) in [6.45, 7) is 1.03. The molecular formula is C34H37N3O5. The Balaban J connectivity index is 1.06. The van der Waals surface area contributed by atoms with E-state index in [-0.39, 0.29) is 37.3 Å². The molecule has 1 aliphatic carbocycles. The van der Waals surface area contributed by atoms with Crippen molar-refractivity contribution in [3.8, 4) is 11.1 Å². The largest absolute Gasteiger partial charge is 0.481 e. The van der Waals surface area contributed by atoms with Gasteiger partial charge in [0.2, 0.25) is 5.91 Å². The number of carbonyl (C=O) groups excluding carboxylic acids is 2. The van der Waals surface area contributed by atoms with Crippen LogP contribution in [-0.4, -0.2) is 58.8 Å². The van der Waals surface area contributed by atoms with Gasteiger partial charge in [0.25, 0.3) is 0 Å². The van der Waals surface area contributed by atoms with Crippen LogP contribution in [0, 0.1) is 0 Å². The number of fused-ring (bicyclic) bond motifs is 5. The van der Waals surface area contributed by atoms with Crippen molar-refractivity contribution in [3.05, 3.63) is 95.6 Å². The van der Waals surface area contributed by atoms with Gasteiger partial charge in [0.15, 0.2) is 0 Å². The summed E-state index contributed by atoms with van der Waals surface area (Å²) in [4.78, 5) is 40.2. The van der Waals surface area contributed by atoms with Crippen LogP contribution in [0.1, 0.15) is 61.1 Å². The van der Waals surface area contributed by atoms with Crippen molar-refractivity contribution in [1.29, 1.82) is 0 Å². The molecule has 2 amide bonds. The number of alkyl carbamates (subject to hydrolysis) is 1. The van der Waals surface area contributed by atoms with Crippen LogP contribution in [0.25, 0.3) is 11.1 Å². The van der Waals surface area contributed by atoms with Gasteiger partial charge in [0.05, 0.1) is 0 Å². The Hall–Kier alpha value is -4.17. The van der Waals surface area contributed by atoms with E-state index in [1.807, 2.05) is 42.5 Å². The maximum absolute atomic E-state index is 13.4. The second-order valence-corrected chi connectivity index (χ2v) is 11.7. The predicted octanol–water partition coefficient (Wildman–Crippen LogP) is 5.07. The first-order valence-corrected chi connectivity index (χ1v) is 14.9. The fraction of sp³-hybridized carbons (Fsp3) is 0.382. The van der Waals surface area contributed by atoms with Gasteiger partial charge in [-0.1, -0.05) is 78.9 Å². The fourth-order valence-electron chi connectivity index (χ4n) is 7.07. The van der Waals surface area contributed by atoms with Crippen molar-refractivity contribution in [3.63, 3.8) is 0 Å². The second kappa shape index (κ2) is 12.4. The van der Waals surface area contributed by atoms with Crippen LogP contribution < -0.4 is 10.6 Å². The molecular weight excluding hydrogens is 530 g/mol. The summed E-state index contributed by atoms with van der Waals surface area (Å²) in [6, 6.07) is 26.4. The van der Waals surface area contributed by atoms with Gasteiger partial charge in [-0.3, -0.25) is 14.5 Å². The van der Waals surface area contributed by atoms with E-state index in [0.717, 1.165) is 54.5 Å². The van der Waals surface area contributed by atoms with Gasteiger partial charge in [-0.15, -0.1) is 0 Å². The van der Waals surface area contributed by atoms with Gasteiger partial charge in [0.1, 0.15) is 12.6 Å². The number of hydrogen-bond acceptors (Lipinski definition) is 5. The molecule has 3 aliphatic rings. The zero-order chi connectivity index (χ0) is 29.1. The van der Waals surface area contributed by atoms with Crippen LogP contribution in [0.3, 0.4) is 0 Å². The maximum atomic E-state index is 13.4. The topological polar surface area (TPSA) is 108 Å². The molecule has 2 aliphatic heterocycles. The van der Waals surface area contributed by atoms with E-state index >= 15 is 0 Å². The van der Waals surface area contributed by atoms with Gasteiger partial charge in [-0.25, -0.2) is 4.79 Å². The van der Waals surface area contributed by atoms with E-state index in [1.165, 1.54) is 5.56 Å². The van der Waals surface area contributed by atoms with Gasteiger partial charge in [0, 0.05) is 37.0 Å². The molecule has 6 rings (SSSR count). The lowest BCUT2D eigenvalue weighted by molar-refractivity contribution is -0.137. The number of carbonyl (C=O) groups is 3. The third-order valence-electron chi connectivity index (χ3n) is 9.04. The Labute approximate surface area is 246 Å². The molecule has 0 spiro atoms. The molecule has 2 bridgehead atoms. The second-order valence-electron chi connectivity index (χ2n) is 11.7. The maximum Gasteiger partial charge on any atom is 0.407 e. The Kier molecular flexibility index (Phi) is 8.24. The fourth-order valence-corrected chi connectivity index (χ4v) is 7.07. The number of hydrogen-bond donors (Lipinski definition) is 3. The van der Waals surface area contributed by atoms with E-state index in [9.17, 15) is 19.5 Å². The van der Waals surface area contributed by atoms with Crippen LogP contribution in [0.15, 0.2) is 78.9 Å². The summed E-state index contributed by atoms with van der Waals surface area (Å²) in [5.74, 6) is -1.48. The molecule has 42 heavy (non-hydrogen) atoms. The number of aliphatic carboxylic acids is 1. The third kappa shape index (κ3) is 6.04. The molecule has 3 aromatic rings. The molecule has 2 saturated heterocycles. The van der Waals surface area contributed by atoms with E-state index in [0.29, 0.717) is 12.1 Å². The monoisotopic (exact) mass is 567 g/mol. The molecule has 3 atom stereocenters. The summed E-state index contributed by atoms with van der Waals surface area (Å²) in [6.07, 6.45) is 2.92. The molecule has 3 unspecified atom stereocenters. The molecule has 0 aromatic heterocycles. The molecule has 2 heterocycles. The average Bonchev–Trinajstić information content (AvgIpc) is 3.43. The SMILES string of the molecule is O=C(O)CCC(NC(=O)OCC1c2ccccc2-c2ccccc21)C(=O)NC1CC2CCC(C1)N2Cc1ccccc1. The van der Waals surface area contributed by atoms with Crippen molar-refractivity contribution >= 4 is 18.0 Å². The molecule has 3 N–H and O–H groups in total. The quantitative estimate of drug-likeness (QED) is 0.316. The smallest absolute Gasteiger partial charge is 0.407 e. The minimum Gasteiger partial charge on any atom is -0.481 e. The van der Waals surface area contributed by atoms with Crippen LogP contribution in [0.4, 0.5) is 4.79 Å². The van der Waals surface area contributed by atoms with Crippen molar-refractivity contribution in [1.82, 2.24) is 15.5 Å². The Morgan fingerprint density at radius 1 is 0.857 bits per heavy atom. The lowest BCUT2D eigenvalue weighted by Crippen LogP contribution is -2.54. The summed E-state index contributed by atoms with van der Waals surface area (Å²) < 4.78 is 5.65. The number of nitrogens with zero attached hydrogens (tertiary/aromatic N) is 1. The van der Waals surface area contributed by atoms with Crippen LogP contribution in [0.2, 0.25) is 0 Å². The number of benzene rings is 3. The standard InChI is InChI=1S/C34H37N3O5/c38-32(39)17-16-31(33(40)35-23-18-24-14-15-25(19-23)37(24)20-22-8-2-1-3-9-22)36-34(41)42-21-30-28-12-6-4-10-26(28)27-11-5-7-13-29(27)30/h1-13,23-25,30-31H,14-21H2,(H,35,40)(H,36,41)(H,38,39). The predicted molar refractivity (Wildman–Crippen MR) is 159 cm³/mol. The van der Waals surface area contributed by atoms with Crippen molar-refractivity contribution in [2.24, 2.45) is 0 Å². The summed E-state index contributed by atoms with van der Waals surface area (Å²) >= 11 is 0. The lowest BCUT2D eigenvalue weighted by atomic mass is 9.96. The van der Waals surface area contributed by atoms with Crippen LogP contribution in [0.5, 0.6) is 0 Å². The number of amides is 2. The van der Waals surface area contributed by atoms with Crippen LogP contribution >= 0.6 is 0 Å². The minimum atomic E-state index is -1.02. The van der Waals surface area contributed by atoms with E-state index in [2.05, 4.69) is 51.9 Å². The minimum absolute atomic E-state index is 0.00886. The highest BCUT2D eigenvalue weighted by atomic mass is 16.5. The highest BCUT2D eigenvalue weighted by Crippen LogP contribution is 2.44. The lowest BCUT2D eigenvalue weighted by Gasteiger charge is -2.39.